The van der Waals surface area contributed by atoms with E-state index in [0.717, 1.165) is 44.9 Å². The highest BCUT2D eigenvalue weighted by Crippen LogP contribution is 2.72. The van der Waals surface area contributed by atoms with Gasteiger partial charge in [-0.05, 0) is 94.3 Å². The standard InChI is InChI=1S/C32H50O5/c1-19(2)10-9-11-21(28(35)36)24-18-26(34)32(8)23-12-13-25-29(4,5)27(37-20(3)33)15-16-30(25,6)22(23)14-17-31(24,32)7/h10,21,24-27,34H,9,11-18H2,1-8H3,(H,35,36)/t21-,24-,25+,26+,27+,30-,31-,32-/m1/s1. The number of esters is 1. The number of carboxylic acids is 1. The highest BCUT2D eigenvalue weighted by molar-refractivity contribution is 5.71. The molecule has 4 aliphatic carbocycles. The Hall–Kier alpha value is -1.62. The molecule has 2 N–H and O–H groups in total. The monoisotopic (exact) mass is 514 g/mol. The zero-order valence-corrected chi connectivity index (χ0v) is 24.4. The molecule has 4 rings (SSSR count). The van der Waals surface area contributed by atoms with E-state index in [9.17, 15) is 19.8 Å². The molecule has 0 amide bonds. The van der Waals surface area contributed by atoms with Crippen molar-refractivity contribution in [3.05, 3.63) is 22.8 Å². The number of aliphatic carboxylic acids is 1. The summed E-state index contributed by atoms with van der Waals surface area (Å²) in [7, 11) is 0. The van der Waals surface area contributed by atoms with Crippen LogP contribution < -0.4 is 0 Å². The molecule has 0 aromatic rings. The van der Waals surface area contributed by atoms with E-state index in [0.29, 0.717) is 18.8 Å². The van der Waals surface area contributed by atoms with Gasteiger partial charge in [0.15, 0.2) is 0 Å². The van der Waals surface area contributed by atoms with Gasteiger partial charge < -0.3 is 14.9 Å². The van der Waals surface area contributed by atoms with Crippen molar-refractivity contribution >= 4 is 11.9 Å². The van der Waals surface area contributed by atoms with Gasteiger partial charge >= 0.3 is 11.9 Å². The number of carboxylic acid groups (broad SMARTS) is 1. The normalized spacial score (nSPS) is 41.2. The minimum absolute atomic E-state index is 0.0194. The predicted molar refractivity (Wildman–Crippen MR) is 146 cm³/mol. The summed E-state index contributed by atoms with van der Waals surface area (Å²) in [6.07, 6.45) is 9.23. The number of carbonyl (C=O) groups is 2. The minimum atomic E-state index is -0.717. The van der Waals surface area contributed by atoms with Crippen LogP contribution in [0.2, 0.25) is 0 Å². The quantitative estimate of drug-likeness (QED) is 0.292. The number of ether oxygens (including phenoxy) is 1. The lowest BCUT2D eigenvalue weighted by Gasteiger charge is -2.62. The van der Waals surface area contributed by atoms with Crippen molar-refractivity contribution in [2.45, 2.75) is 125 Å². The fraction of sp³-hybridized carbons (Fsp3) is 0.812. The summed E-state index contributed by atoms with van der Waals surface area (Å²) in [6, 6.07) is 0. The number of carbonyl (C=O) groups excluding carboxylic acids is 1. The Morgan fingerprint density at radius 1 is 1.03 bits per heavy atom. The fourth-order valence-electron chi connectivity index (χ4n) is 9.81. The molecular weight excluding hydrogens is 464 g/mol. The molecule has 208 valence electrons. The molecular formula is C32H50O5. The Kier molecular flexibility index (Phi) is 7.32. The number of allylic oxidation sites excluding steroid dienone is 3. The first kappa shape index (κ1) is 28.4. The molecule has 8 atom stereocenters. The Bertz CT molecular complexity index is 1000. The Labute approximate surface area is 224 Å². The second-order valence-electron chi connectivity index (χ2n) is 14.2. The molecule has 0 bridgehead atoms. The van der Waals surface area contributed by atoms with Gasteiger partial charge in [-0.25, -0.2) is 0 Å². The van der Waals surface area contributed by atoms with Crippen molar-refractivity contribution in [2.24, 2.45) is 39.4 Å². The maximum absolute atomic E-state index is 12.5. The van der Waals surface area contributed by atoms with Crippen LogP contribution in [0.15, 0.2) is 22.8 Å². The number of fused-ring (bicyclic) bond motifs is 4. The summed E-state index contributed by atoms with van der Waals surface area (Å²) in [5.41, 5.74) is 3.42. The van der Waals surface area contributed by atoms with Crippen molar-refractivity contribution in [3.63, 3.8) is 0 Å². The van der Waals surface area contributed by atoms with Gasteiger partial charge in [0.05, 0.1) is 12.0 Å². The van der Waals surface area contributed by atoms with E-state index in [1.165, 1.54) is 23.6 Å². The van der Waals surface area contributed by atoms with Crippen LogP contribution in [-0.2, 0) is 14.3 Å². The summed E-state index contributed by atoms with van der Waals surface area (Å²) in [5.74, 6) is -0.979. The third-order valence-electron chi connectivity index (χ3n) is 12.0. The predicted octanol–water partition coefficient (Wildman–Crippen LogP) is 7.09. The lowest BCUT2D eigenvalue weighted by molar-refractivity contribution is -0.167. The van der Waals surface area contributed by atoms with Crippen LogP contribution in [0.5, 0.6) is 0 Å². The molecule has 2 saturated carbocycles. The second kappa shape index (κ2) is 9.54. The third kappa shape index (κ3) is 4.22. The van der Waals surface area contributed by atoms with E-state index in [-0.39, 0.29) is 34.2 Å². The molecule has 5 heteroatoms. The summed E-state index contributed by atoms with van der Waals surface area (Å²) >= 11 is 0. The molecule has 4 aliphatic rings. The minimum Gasteiger partial charge on any atom is -0.481 e. The Morgan fingerprint density at radius 3 is 2.30 bits per heavy atom. The molecule has 0 unspecified atom stereocenters. The molecule has 0 aromatic heterocycles. The molecule has 0 heterocycles. The van der Waals surface area contributed by atoms with Gasteiger partial charge in [-0.15, -0.1) is 0 Å². The molecule has 0 radical (unpaired) electrons. The van der Waals surface area contributed by atoms with Crippen molar-refractivity contribution in [3.8, 4) is 0 Å². The lowest BCUT2D eigenvalue weighted by Crippen LogP contribution is -2.56. The smallest absolute Gasteiger partial charge is 0.306 e. The summed E-state index contributed by atoms with van der Waals surface area (Å²) in [5, 5.41) is 22.0. The van der Waals surface area contributed by atoms with E-state index in [4.69, 9.17) is 4.74 Å². The number of aliphatic hydroxyl groups excluding tert-OH is 1. The van der Waals surface area contributed by atoms with Crippen LogP contribution in [0, 0.1) is 39.4 Å². The first-order chi connectivity index (χ1) is 17.1. The maximum Gasteiger partial charge on any atom is 0.306 e. The van der Waals surface area contributed by atoms with E-state index in [1.807, 2.05) is 0 Å². The molecule has 0 saturated heterocycles. The van der Waals surface area contributed by atoms with Crippen molar-refractivity contribution in [1.82, 2.24) is 0 Å². The zero-order valence-electron chi connectivity index (χ0n) is 24.4. The Morgan fingerprint density at radius 2 is 1.70 bits per heavy atom. The molecule has 0 aliphatic heterocycles. The second-order valence-corrected chi connectivity index (χ2v) is 14.2. The third-order valence-corrected chi connectivity index (χ3v) is 12.0. The van der Waals surface area contributed by atoms with Gasteiger partial charge in [-0.1, -0.05) is 57.4 Å². The van der Waals surface area contributed by atoms with Gasteiger partial charge in [0.1, 0.15) is 6.10 Å². The average molecular weight is 515 g/mol. The molecule has 0 aromatic carbocycles. The number of hydrogen-bond donors (Lipinski definition) is 2. The van der Waals surface area contributed by atoms with Crippen LogP contribution in [0.4, 0.5) is 0 Å². The largest absolute Gasteiger partial charge is 0.481 e. The van der Waals surface area contributed by atoms with Crippen LogP contribution in [-0.4, -0.2) is 34.4 Å². The molecule has 0 spiro atoms. The first-order valence-corrected chi connectivity index (χ1v) is 14.5. The zero-order chi connectivity index (χ0) is 27.6. The van der Waals surface area contributed by atoms with Crippen molar-refractivity contribution in [2.75, 3.05) is 0 Å². The van der Waals surface area contributed by atoms with Crippen molar-refractivity contribution < 1.29 is 24.5 Å². The van der Waals surface area contributed by atoms with Crippen LogP contribution >= 0.6 is 0 Å². The highest BCUT2D eigenvalue weighted by atomic mass is 16.5. The van der Waals surface area contributed by atoms with Gasteiger partial charge in [0.2, 0.25) is 0 Å². The van der Waals surface area contributed by atoms with E-state index in [1.54, 1.807) is 0 Å². The van der Waals surface area contributed by atoms with Gasteiger partial charge in [0, 0.05) is 17.8 Å². The number of aliphatic hydroxyl groups is 1. The fourth-order valence-corrected chi connectivity index (χ4v) is 9.81. The topological polar surface area (TPSA) is 83.8 Å². The summed E-state index contributed by atoms with van der Waals surface area (Å²) in [6.45, 7) is 17.1. The number of rotatable bonds is 6. The maximum atomic E-state index is 12.5. The molecule has 37 heavy (non-hydrogen) atoms. The van der Waals surface area contributed by atoms with Crippen LogP contribution in [0.25, 0.3) is 0 Å². The highest BCUT2D eigenvalue weighted by Gasteiger charge is 2.67. The van der Waals surface area contributed by atoms with Crippen molar-refractivity contribution in [1.29, 1.82) is 0 Å². The van der Waals surface area contributed by atoms with E-state index in [2.05, 4.69) is 54.5 Å². The van der Waals surface area contributed by atoms with Crippen LogP contribution in [0.3, 0.4) is 0 Å². The molecule has 5 nitrogen and oxygen atoms in total. The summed E-state index contributed by atoms with van der Waals surface area (Å²) < 4.78 is 5.81. The van der Waals surface area contributed by atoms with Gasteiger partial charge in [-0.2, -0.15) is 0 Å². The van der Waals surface area contributed by atoms with Gasteiger partial charge in [-0.3, -0.25) is 9.59 Å². The first-order valence-electron chi connectivity index (χ1n) is 14.5. The Balaban J connectivity index is 1.71. The number of hydrogen-bond acceptors (Lipinski definition) is 4. The van der Waals surface area contributed by atoms with Crippen LogP contribution in [0.1, 0.15) is 113 Å². The van der Waals surface area contributed by atoms with E-state index >= 15 is 0 Å². The SMILES string of the molecule is CC(=O)O[C@H]1CC[C@]2(C)C3=C(CC[C@H]2C1(C)C)[C@]1(C)[C@@H](O)C[C@H]([C@@H](CCC=C(C)C)C(=O)O)[C@@]1(C)CC3. The molecule has 2 fully saturated rings. The summed E-state index contributed by atoms with van der Waals surface area (Å²) in [4.78, 5) is 24.4. The lowest BCUT2D eigenvalue weighted by atomic mass is 9.43. The van der Waals surface area contributed by atoms with E-state index < -0.39 is 23.4 Å². The average Bonchev–Trinajstić information content (AvgIpc) is 2.99. The van der Waals surface area contributed by atoms with Gasteiger partial charge in [0.25, 0.3) is 0 Å².